The fourth-order valence-electron chi connectivity index (χ4n) is 2.82. The average molecular weight is 353 g/mol. The second-order valence-corrected chi connectivity index (χ2v) is 6.90. The standard InChI is InChI=1S/C21H26N2O.C2H6/c1-16(24)19-10-9-18-11-14-23(20(18)15-19)17(2)21(3,4)12-7-5-6-8-13-22;1-2/h5-11,13-15,17,22H,12H2,1-4H3;1-2H3/b7-5-,8-6-,22-13?;. The zero-order valence-corrected chi connectivity index (χ0v) is 16.9. The Balaban J connectivity index is 0.00000163. The van der Waals surface area contributed by atoms with Crippen LogP contribution in [0, 0.1) is 10.8 Å². The first kappa shape index (κ1) is 21.6. The summed E-state index contributed by atoms with van der Waals surface area (Å²) in [5, 5.41) is 8.13. The number of hydrogen-bond donors (Lipinski definition) is 1. The third kappa shape index (κ3) is 5.29. The Labute approximate surface area is 157 Å². The van der Waals surface area contributed by atoms with E-state index in [1.165, 1.54) is 6.21 Å². The van der Waals surface area contributed by atoms with Crippen molar-refractivity contribution in [1.82, 2.24) is 4.57 Å². The van der Waals surface area contributed by atoms with E-state index in [1.807, 2.05) is 44.2 Å². The zero-order valence-electron chi connectivity index (χ0n) is 16.9. The number of rotatable bonds is 7. The van der Waals surface area contributed by atoms with Crippen LogP contribution in [0.15, 0.2) is 54.8 Å². The van der Waals surface area contributed by atoms with Crippen molar-refractivity contribution in [1.29, 1.82) is 5.41 Å². The highest BCUT2D eigenvalue weighted by molar-refractivity contribution is 5.97. The molecule has 1 aromatic heterocycles. The maximum Gasteiger partial charge on any atom is 0.159 e. The van der Waals surface area contributed by atoms with Crippen LogP contribution in [0.4, 0.5) is 0 Å². The number of nitrogens with zero attached hydrogens (tertiary/aromatic N) is 1. The molecule has 0 radical (unpaired) electrons. The van der Waals surface area contributed by atoms with Crippen LogP contribution in [0.3, 0.4) is 0 Å². The summed E-state index contributed by atoms with van der Waals surface area (Å²) >= 11 is 0. The maximum absolute atomic E-state index is 11.7. The van der Waals surface area contributed by atoms with Gasteiger partial charge in [-0.05, 0) is 49.3 Å². The van der Waals surface area contributed by atoms with Gasteiger partial charge in [0.15, 0.2) is 5.78 Å². The molecule has 2 aromatic rings. The van der Waals surface area contributed by atoms with Crippen molar-refractivity contribution in [3.05, 3.63) is 60.3 Å². The van der Waals surface area contributed by atoms with Gasteiger partial charge in [0.2, 0.25) is 0 Å². The first-order valence-electron chi connectivity index (χ1n) is 9.30. The molecule has 1 heterocycles. The fourth-order valence-corrected chi connectivity index (χ4v) is 2.82. The minimum atomic E-state index is 0.0627. The van der Waals surface area contributed by atoms with E-state index in [2.05, 4.69) is 43.7 Å². The number of ketones is 1. The van der Waals surface area contributed by atoms with Crippen LogP contribution in [0.2, 0.25) is 0 Å². The van der Waals surface area contributed by atoms with E-state index >= 15 is 0 Å². The fraction of sp³-hybridized carbons (Fsp3) is 0.391. The molecule has 1 atom stereocenters. The Hall–Kier alpha value is -2.42. The molecule has 26 heavy (non-hydrogen) atoms. The van der Waals surface area contributed by atoms with E-state index in [9.17, 15) is 4.79 Å². The summed E-state index contributed by atoms with van der Waals surface area (Å²) in [7, 11) is 0. The summed E-state index contributed by atoms with van der Waals surface area (Å²) in [5.74, 6) is 0.0949. The molecule has 0 amide bonds. The van der Waals surface area contributed by atoms with Crippen LogP contribution >= 0.6 is 0 Å². The molecule has 0 aliphatic rings. The number of Topliss-reactive ketones (excluding diaryl/α,β-unsaturated/α-hetero) is 1. The van der Waals surface area contributed by atoms with Gasteiger partial charge in [0.05, 0.1) is 0 Å². The van der Waals surface area contributed by atoms with Crippen molar-refractivity contribution in [2.75, 3.05) is 0 Å². The summed E-state index contributed by atoms with van der Waals surface area (Å²) < 4.78 is 2.27. The Kier molecular flexibility index (Phi) is 8.24. The summed E-state index contributed by atoms with van der Waals surface area (Å²) in [6.45, 7) is 12.3. The molecule has 0 spiro atoms. The molecule has 0 saturated carbocycles. The van der Waals surface area contributed by atoms with Crippen molar-refractivity contribution < 1.29 is 4.79 Å². The molecule has 0 bridgehead atoms. The van der Waals surface area contributed by atoms with E-state index in [0.717, 1.165) is 22.9 Å². The normalized spacial score (nSPS) is 13.0. The minimum Gasteiger partial charge on any atom is -0.344 e. The number of fused-ring (bicyclic) bond motifs is 1. The van der Waals surface area contributed by atoms with E-state index in [1.54, 1.807) is 13.0 Å². The third-order valence-electron chi connectivity index (χ3n) is 4.78. The van der Waals surface area contributed by atoms with Gasteiger partial charge in [-0.2, -0.15) is 0 Å². The van der Waals surface area contributed by atoms with Gasteiger partial charge in [-0.15, -0.1) is 0 Å². The van der Waals surface area contributed by atoms with Crippen LogP contribution in [-0.4, -0.2) is 16.6 Å². The van der Waals surface area contributed by atoms with Crippen LogP contribution in [0.5, 0.6) is 0 Å². The van der Waals surface area contributed by atoms with Gasteiger partial charge in [0, 0.05) is 29.5 Å². The molecule has 1 N–H and O–H groups in total. The maximum atomic E-state index is 11.7. The van der Waals surface area contributed by atoms with E-state index in [-0.39, 0.29) is 17.2 Å². The molecule has 3 heteroatoms. The van der Waals surface area contributed by atoms with Crippen LogP contribution in [-0.2, 0) is 0 Å². The third-order valence-corrected chi connectivity index (χ3v) is 4.78. The molecule has 3 nitrogen and oxygen atoms in total. The van der Waals surface area contributed by atoms with Crippen molar-refractivity contribution in [3.63, 3.8) is 0 Å². The number of carbonyl (C=O) groups is 1. The SMILES string of the molecule is CC.CC(=O)c1ccc2ccn(C(C)C(C)(C)C/C=C\C=C/C=N)c2c1. The smallest absolute Gasteiger partial charge is 0.159 e. The molecular weight excluding hydrogens is 320 g/mol. The van der Waals surface area contributed by atoms with Crippen LogP contribution in [0.1, 0.15) is 64.4 Å². The monoisotopic (exact) mass is 352 g/mol. The average Bonchev–Trinajstić information content (AvgIpc) is 3.05. The highest BCUT2D eigenvalue weighted by Crippen LogP contribution is 2.37. The number of aromatic nitrogens is 1. The van der Waals surface area contributed by atoms with Crippen molar-refractivity contribution >= 4 is 22.9 Å². The lowest BCUT2D eigenvalue weighted by Gasteiger charge is -2.32. The number of carbonyl (C=O) groups excluding carboxylic acids is 1. The van der Waals surface area contributed by atoms with Gasteiger partial charge < -0.3 is 9.98 Å². The lowest BCUT2D eigenvalue weighted by atomic mass is 9.81. The second-order valence-electron chi connectivity index (χ2n) is 6.90. The topological polar surface area (TPSA) is 45.9 Å². The zero-order chi connectivity index (χ0) is 19.7. The minimum absolute atomic E-state index is 0.0627. The van der Waals surface area contributed by atoms with Crippen molar-refractivity contribution in [2.24, 2.45) is 5.41 Å². The van der Waals surface area contributed by atoms with Crippen LogP contribution < -0.4 is 0 Å². The molecule has 1 aromatic carbocycles. The summed E-state index contributed by atoms with van der Waals surface area (Å²) in [4.78, 5) is 11.7. The summed E-state index contributed by atoms with van der Waals surface area (Å²) in [6, 6.07) is 8.29. The van der Waals surface area contributed by atoms with Crippen molar-refractivity contribution in [2.45, 2.75) is 54.0 Å². The largest absolute Gasteiger partial charge is 0.344 e. The van der Waals surface area contributed by atoms with Gasteiger partial charge in [0.25, 0.3) is 0 Å². The predicted molar refractivity (Wildman–Crippen MR) is 113 cm³/mol. The Morgan fingerprint density at radius 2 is 1.88 bits per heavy atom. The van der Waals surface area contributed by atoms with E-state index in [4.69, 9.17) is 5.41 Å². The number of nitrogens with one attached hydrogen (secondary N) is 1. The summed E-state index contributed by atoms with van der Waals surface area (Å²) in [5.41, 5.74) is 1.92. The Morgan fingerprint density at radius 3 is 2.50 bits per heavy atom. The quantitative estimate of drug-likeness (QED) is 0.340. The second kappa shape index (κ2) is 9.91. The number of hydrogen-bond acceptors (Lipinski definition) is 2. The van der Waals surface area contributed by atoms with Gasteiger partial charge in [-0.25, -0.2) is 0 Å². The van der Waals surface area contributed by atoms with E-state index in [0.29, 0.717) is 0 Å². The Bertz CT molecular complexity index is 794. The molecule has 0 aliphatic heterocycles. The first-order chi connectivity index (χ1) is 12.4. The molecule has 0 saturated heterocycles. The molecule has 0 aliphatic carbocycles. The Morgan fingerprint density at radius 1 is 1.19 bits per heavy atom. The molecule has 2 rings (SSSR count). The van der Waals surface area contributed by atoms with Crippen LogP contribution in [0.25, 0.3) is 10.9 Å². The number of allylic oxidation sites excluding steroid dienone is 4. The van der Waals surface area contributed by atoms with Crippen molar-refractivity contribution in [3.8, 4) is 0 Å². The van der Waals surface area contributed by atoms with Gasteiger partial charge in [0.1, 0.15) is 0 Å². The van der Waals surface area contributed by atoms with E-state index < -0.39 is 0 Å². The molecule has 1 unspecified atom stereocenters. The predicted octanol–water partition coefficient (Wildman–Crippen LogP) is 6.61. The highest BCUT2D eigenvalue weighted by atomic mass is 16.1. The summed E-state index contributed by atoms with van der Waals surface area (Å²) in [6.07, 6.45) is 12.0. The molecule has 0 fully saturated rings. The lowest BCUT2D eigenvalue weighted by molar-refractivity contribution is 0.101. The molecular formula is C23H32N2O. The first-order valence-corrected chi connectivity index (χ1v) is 9.30. The molecule has 140 valence electrons. The van der Waals surface area contributed by atoms with Gasteiger partial charge in [-0.1, -0.05) is 58.1 Å². The lowest BCUT2D eigenvalue weighted by Crippen LogP contribution is -2.24. The van der Waals surface area contributed by atoms with Gasteiger partial charge in [-0.3, -0.25) is 4.79 Å². The van der Waals surface area contributed by atoms with Gasteiger partial charge >= 0.3 is 0 Å². The highest BCUT2D eigenvalue weighted by Gasteiger charge is 2.26. The number of benzene rings is 1.